The van der Waals surface area contributed by atoms with Gasteiger partial charge in [-0.2, -0.15) is 0 Å². The molecular formula is C15H19N3OS. The van der Waals surface area contributed by atoms with Gasteiger partial charge in [0, 0.05) is 17.0 Å². The van der Waals surface area contributed by atoms with Crippen LogP contribution < -0.4 is 10.6 Å². The standard InChI is InChI=1S/C15H19N3OS/c1-9(2)16-14(19)18-15-17-13(8-20-15)12-6-5-10(3)11(4)7-12/h5-9H,1-4H3,(H2,16,17,18,19). The molecule has 0 saturated carbocycles. The molecule has 1 heterocycles. The quantitative estimate of drug-likeness (QED) is 0.898. The minimum Gasteiger partial charge on any atom is -0.336 e. The van der Waals surface area contributed by atoms with Crippen LogP contribution in [0.25, 0.3) is 11.3 Å². The van der Waals surface area contributed by atoms with E-state index < -0.39 is 0 Å². The Hall–Kier alpha value is -1.88. The molecule has 0 spiro atoms. The topological polar surface area (TPSA) is 54.0 Å². The van der Waals surface area contributed by atoms with Crippen molar-refractivity contribution < 1.29 is 4.79 Å². The van der Waals surface area contributed by atoms with E-state index in [1.165, 1.54) is 22.5 Å². The molecule has 1 aromatic heterocycles. The number of hydrogen-bond donors (Lipinski definition) is 2. The van der Waals surface area contributed by atoms with Crippen molar-refractivity contribution >= 4 is 22.5 Å². The Labute approximate surface area is 123 Å². The molecule has 0 saturated heterocycles. The molecule has 1 aromatic carbocycles. The Bertz CT molecular complexity index is 619. The van der Waals surface area contributed by atoms with E-state index in [4.69, 9.17) is 0 Å². The highest BCUT2D eigenvalue weighted by Gasteiger charge is 2.09. The van der Waals surface area contributed by atoms with E-state index in [0.717, 1.165) is 11.3 Å². The van der Waals surface area contributed by atoms with Crippen molar-refractivity contribution in [2.75, 3.05) is 5.32 Å². The summed E-state index contributed by atoms with van der Waals surface area (Å²) in [5, 5.41) is 8.08. The maximum Gasteiger partial charge on any atom is 0.321 e. The van der Waals surface area contributed by atoms with E-state index in [-0.39, 0.29) is 12.1 Å². The molecule has 4 nitrogen and oxygen atoms in total. The summed E-state index contributed by atoms with van der Waals surface area (Å²) in [6.45, 7) is 8.01. The van der Waals surface area contributed by atoms with Crippen LogP contribution in [0.3, 0.4) is 0 Å². The number of benzene rings is 1. The first-order valence-corrected chi connectivity index (χ1v) is 7.44. The van der Waals surface area contributed by atoms with Crippen LogP contribution in [0.1, 0.15) is 25.0 Å². The molecule has 0 radical (unpaired) electrons. The number of nitrogens with zero attached hydrogens (tertiary/aromatic N) is 1. The Balaban J connectivity index is 2.12. The molecule has 0 unspecified atom stereocenters. The van der Waals surface area contributed by atoms with Gasteiger partial charge >= 0.3 is 6.03 Å². The van der Waals surface area contributed by atoms with Gasteiger partial charge in [0.2, 0.25) is 0 Å². The van der Waals surface area contributed by atoms with Gasteiger partial charge in [-0.05, 0) is 44.9 Å². The highest BCUT2D eigenvalue weighted by atomic mass is 32.1. The molecule has 0 aliphatic carbocycles. The number of rotatable bonds is 3. The van der Waals surface area contributed by atoms with E-state index >= 15 is 0 Å². The van der Waals surface area contributed by atoms with E-state index in [9.17, 15) is 4.79 Å². The molecule has 0 aliphatic rings. The van der Waals surface area contributed by atoms with Gasteiger partial charge < -0.3 is 5.32 Å². The van der Waals surface area contributed by atoms with E-state index in [0.29, 0.717) is 5.13 Å². The SMILES string of the molecule is Cc1ccc(-c2csc(NC(=O)NC(C)C)n2)cc1C. The summed E-state index contributed by atoms with van der Waals surface area (Å²) in [5.41, 5.74) is 4.46. The monoisotopic (exact) mass is 289 g/mol. The highest BCUT2D eigenvalue weighted by Crippen LogP contribution is 2.26. The smallest absolute Gasteiger partial charge is 0.321 e. The maximum absolute atomic E-state index is 11.6. The number of nitrogens with one attached hydrogen (secondary N) is 2. The second kappa shape index (κ2) is 6.05. The van der Waals surface area contributed by atoms with Gasteiger partial charge in [0.05, 0.1) is 5.69 Å². The molecule has 0 atom stereocenters. The van der Waals surface area contributed by atoms with Crippen LogP contribution in [0.15, 0.2) is 23.6 Å². The normalized spacial score (nSPS) is 10.7. The first-order chi connectivity index (χ1) is 9.45. The zero-order valence-corrected chi connectivity index (χ0v) is 13.0. The Kier molecular flexibility index (Phi) is 4.39. The van der Waals surface area contributed by atoms with Crippen molar-refractivity contribution in [2.45, 2.75) is 33.7 Å². The second-order valence-corrected chi connectivity index (χ2v) is 5.95. The third-order valence-corrected chi connectivity index (χ3v) is 3.70. The molecule has 20 heavy (non-hydrogen) atoms. The van der Waals surface area contributed by atoms with Crippen molar-refractivity contribution in [3.8, 4) is 11.3 Å². The van der Waals surface area contributed by atoms with Crippen LogP contribution in [-0.4, -0.2) is 17.1 Å². The first kappa shape index (κ1) is 14.5. The fourth-order valence-corrected chi connectivity index (χ4v) is 2.47. The Morgan fingerprint density at radius 2 is 2.00 bits per heavy atom. The third kappa shape index (κ3) is 3.57. The van der Waals surface area contributed by atoms with Crippen LogP contribution in [0.4, 0.5) is 9.93 Å². The van der Waals surface area contributed by atoms with Gasteiger partial charge in [-0.15, -0.1) is 11.3 Å². The number of hydrogen-bond acceptors (Lipinski definition) is 3. The molecule has 0 fully saturated rings. The lowest BCUT2D eigenvalue weighted by Crippen LogP contribution is -2.34. The van der Waals surface area contributed by atoms with Gasteiger partial charge in [-0.1, -0.05) is 12.1 Å². The second-order valence-electron chi connectivity index (χ2n) is 5.09. The van der Waals surface area contributed by atoms with Crippen LogP contribution in [0.5, 0.6) is 0 Å². The predicted octanol–water partition coefficient (Wildman–Crippen LogP) is 3.96. The van der Waals surface area contributed by atoms with Crippen LogP contribution >= 0.6 is 11.3 Å². The fraction of sp³-hybridized carbons (Fsp3) is 0.333. The molecule has 2 amide bonds. The molecule has 2 rings (SSSR count). The lowest BCUT2D eigenvalue weighted by atomic mass is 10.1. The summed E-state index contributed by atoms with van der Waals surface area (Å²) >= 11 is 1.43. The minimum absolute atomic E-state index is 0.106. The van der Waals surface area contributed by atoms with Gasteiger partial charge in [0.1, 0.15) is 0 Å². The predicted molar refractivity (Wildman–Crippen MR) is 84.3 cm³/mol. The molecular weight excluding hydrogens is 270 g/mol. The summed E-state index contributed by atoms with van der Waals surface area (Å²) in [5.74, 6) is 0. The van der Waals surface area contributed by atoms with Crippen molar-refractivity contribution in [3.05, 3.63) is 34.7 Å². The summed E-state index contributed by atoms with van der Waals surface area (Å²) in [4.78, 5) is 16.1. The minimum atomic E-state index is -0.221. The first-order valence-electron chi connectivity index (χ1n) is 6.56. The zero-order valence-electron chi connectivity index (χ0n) is 12.2. The molecule has 2 N–H and O–H groups in total. The average Bonchev–Trinajstić information content (AvgIpc) is 2.80. The summed E-state index contributed by atoms with van der Waals surface area (Å²) in [7, 11) is 0. The van der Waals surface area contributed by atoms with Crippen LogP contribution in [0, 0.1) is 13.8 Å². The Morgan fingerprint density at radius 1 is 1.25 bits per heavy atom. The molecule has 0 bridgehead atoms. The summed E-state index contributed by atoms with van der Waals surface area (Å²) in [6.07, 6.45) is 0. The highest BCUT2D eigenvalue weighted by molar-refractivity contribution is 7.14. The lowest BCUT2D eigenvalue weighted by molar-refractivity contribution is 0.250. The van der Waals surface area contributed by atoms with E-state index in [2.05, 4.69) is 47.7 Å². The largest absolute Gasteiger partial charge is 0.336 e. The third-order valence-electron chi connectivity index (χ3n) is 2.95. The number of aromatic nitrogens is 1. The van der Waals surface area contributed by atoms with Crippen LogP contribution in [0.2, 0.25) is 0 Å². The van der Waals surface area contributed by atoms with Gasteiger partial charge in [0.25, 0.3) is 0 Å². The van der Waals surface area contributed by atoms with Crippen LogP contribution in [-0.2, 0) is 0 Å². The molecule has 5 heteroatoms. The summed E-state index contributed by atoms with van der Waals surface area (Å²) in [6, 6.07) is 6.13. The van der Waals surface area contributed by atoms with Crippen molar-refractivity contribution in [3.63, 3.8) is 0 Å². The zero-order chi connectivity index (χ0) is 14.7. The number of anilines is 1. The number of amides is 2. The number of carbonyl (C=O) groups is 1. The van der Waals surface area contributed by atoms with Crippen molar-refractivity contribution in [1.29, 1.82) is 0 Å². The van der Waals surface area contributed by atoms with Crippen molar-refractivity contribution in [2.24, 2.45) is 0 Å². The number of urea groups is 1. The van der Waals surface area contributed by atoms with E-state index in [1.54, 1.807) is 0 Å². The van der Waals surface area contributed by atoms with Gasteiger partial charge in [-0.25, -0.2) is 9.78 Å². The van der Waals surface area contributed by atoms with Crippen molar-refractivity contribution in [1.82, 2.24) is 10.3 Å². The Morgan fingerprint density at radius 3 is 2.65 bits per heavy atom. The maximum atomic E-state index is 11.6. The number of aryl methyl sites for hydroxylation is 2. The van der Waals surface area contributed by atoms with Gasteiger partial charge in [-0.3, -0.25) is 5.32 Å². The lowest BCUT2D eigenvalue weighted by Gasteiger charge is -2.07. The molecule has 106 valence electrons. The number of thiazole rings is 1. The van der Waals surface area contributed by atoms with Gasteiger partial charge in [0.15, 0.2) is 5.13 Å². The fourth-order valence-electron chi connectivity index (χ4n) is 1.76. The molecule has 0 aliphatic heterocycles. The average molecular weight is 289 g/mol. The summed E-state index contributed by atoms with van der Waals surface area (Å²) < 4.78 is 0. The number of carbonyl (C=O) groups excluding carboxylic acids is 1. The molecule has 2 aromatic rings. The van der Waals surface area contributed by atoms with E-state index in [1.807, 2.05) is 19.2 Å².